The first-order valence-corrected chi connectivity index (χ1v) is 10.8. The van der Waals surface area contributed by atoms with Gasteiger partial charge in [-0.2, -0.15) is 0 Å². The molecule has 0 saturated carbocycles. The summed E-state index contributed by atoms with van der Waals surface area (Å²) in [5.74, 6) is -1.83. The van der Waals surface area contributed by atoms with Gasteiger partial charge in [0, 0.05) is 19.0 Å². The largest absolute Gasteiger partial charge is 0.314 e. The Morgan fingerprint density at radius 2 is 1.83 bits per heavy atom. The van der Waals surface area contributed by atoms with Crippen LogP contribution in [0, 0.1) is 0 Å². The van der Waals surface area contributed by atoms with Crippen molar-refractivity contribution in [3.8, 4) is 0 Å². The van der Waals surface area contributed by atoms with Crippen LogP contribution in [0.15, 0.2) is 18.2 Å². The fraction of sp³-hybridized carbons (Fsp3) is 0.545. The molecule has 1 aromatic rings. The summed E-state index contributed by atoms with van der Waals surface area (Å²) < 4.78 is 0. The lowest BCUT2D eigenvalue weighted by molar-refractivity contribution is -0.136. The maximum absolute atomic E-state index is 13.2. The van der Waals surface area contributed by atoms with Crippen molar-refractivity contribution in [2.24, 2.45) is 0 Å². The van der Waals surface area contributed by atoms with E-state index in [1.54, 1.807) is 12.1 Å². The van der Waals surface area contributed by atoms with Gasteiger partial charge >= 0.3 is 0 Å². The number of nitrogens with one attached hydrogen (secondary N) is 2. The first-order chi connectivity index (χ1) is 14.5. The van der Waals surface area contributed by atoms with Gasteiger partial charge in [0.25, 0.3) is 11.8 Å². The van der Waals surface area contributed by atoms with Crippen molar-refractivity contribution < 1.29 is 19.2 Å². The zero-order chi connectivity index (χ0) is 21.3. The molecule has 8 heteroatoms. The van der Waals surface area contributed by atoms with Gasteiger partial charge in [0.15, 0.2) is 0 Å². The van der Waals surface area contributed by atoms with Crippen molar-refractivity contribution in [1.29, 1.82) is 0 Å². The van der Waals surface area contributed by atoms with Gasteiger partial charge in [-0.1, -0.05) is 19.1 Å². The fourth-order valence-corrected chi connectivity index (χ4v) is 4.60. The molecule has 0 aromatic heterocycles. The monoisotopic (exact) mass is 412 g/mol. The van der Waals surface area contributed by atoms with Crippen LogP contribution in [0.4, 0.5) is 0 Å². The predicted octanol–water partition coefficient (Wildman–Crippen LogP) is 1.05. The van der Waals surface area contributed by atoms with Gasteiger partial charge in [0.05, 0.1) is 11.1 Å². The lowest BCUT2D eigenvalue weighted by Gasteiger charge is -2.32. The molecule has 30 heavy (non-hydrogen) atoms. The molecule has 0 bridgehead atoms. The lowest BCUT2D eigenvalue weighted by atomic mass is 10.00. The summed E-state index contributed by atoms with van der Waals surface area (Å²) in [5.41, 5.74) is 1.57. The average Bonchev–Trinajstić information content (AvgIpc) is 2.99. The maximum Gasteiger partial charge on any atom is 0.262 e. The Hall–Kier alpha value is -2.58. The third-order valence-electron chi connectivity index (χ3n) is 6.22. The molecule has 4 rings (SSSR count). The Morgan fingerprint density at radius 3 is 2.53 bits per heavy atom. The number of hydrogen-bond donors (Lipinski definition) is 2. The Morgan fingerprint density at radius 1 is 1.07 bits per heavy atom. The molecule has 0 radical (unpaired) electrons. The quantitative estimate of drug-likeness (QED) is 0.678. The van der Waals surface area contributed by atoms with E-state index in [-0.39, 0.29) is 18.7 Å². The molecular weight excluding hydrogens is 384 g/mol. The Balaban J connectivity index is 1.48. The second-order valence-electron chi connectivity index (χ2n) is 8.29. The van der Waals surface area contributed by atoms with Crippen LogP contribution in [-0.2, 0) is 16.1 Å². The number of benzene rings is 1. The number of amides is 4. The van der Waals surface area contributed by atoms with Crippen molar-refractivity contribution in [2.45, 2.75) is 57.7 Å². The van der Waals surface area contributed by atoms with E-state index in [1.165, 1.54) is 0 Å². The van der Waals surface area contributed by atoms with Gasteiger partial charge in [0.1, 0.15) is 6.04 Å². The van der Waals surface area contributed by atoms with Crippen LogP contribution >= 0.6 is 0 Å². The number of likely N-dealkylation sites (tertiary alicyclic amines) is 1. The zero-order valence-electron chi connectivity index (χ0n) is 17.3. The van der Waals surface area contributed by atoms with Crippen LogP contribution in [0.2, 0.25) is 0 Å². The van der Waals surface area contributed by atoms with E-state index in [0.717, 1.165) is 49.4 Å². The first kappa shape index (κ1) is 20.7. The van der Waals surface area contributed by atoms with Gasteiger partial charge < -0.3 is 5.32 Å². The fourth-order valence-electron chi connectivity index (χ4n) is 4.60. The standard InChI is InChI=1S/C22H28N4O4/c1-2-10-23-15-8-11-25(12-9-15)13-14-4-3-5-16-19(14)22(30)26(21(16)29)17-6-7-18(27)24-20(17)28/h3-5,15,17,23H,2,6-13H2,1H3,(H,24,27,28). The first-order valence-electron chi connectivity index (χ1n) is 10.8. The van der Waals surface area contributed by atoms with Crippen LogP contribution in [0.5, 0.6) is 0 Å². The molecule has 160 valence electrons. The number of imide groups is 2. The number of piperidine rings is 2. The molecular formula is C22H28N4O4. The Bertz CT molecular complexity index is 876. The molecule has 3 aliphatic rings. The van der Waals surface area contributed by atoms with E-state index in [0.29, 0.717) is 23.7 Å². The van der Waals surface area contributed by atoms with Crippen molar-refractivity contribution in [3.63, 3.8) is 0 Å². The molecule has 1 aromatic carbocycles. The highest BCUT2D eigenvalue weighted by molar-refractivity contribution is 6.24. The summed E-state index contributed by atoms with van der Waals surface area (Å²) in [7, 11) is 0. The molecule has 2 saturated heterocycles. The van der Waals surface area contributed by atoms with Crippen LogP contribution in [0.25, 0.3) is 0 Å². The molecule has 3 aliphatic heterocycles. The highest BCUT2D eigenvalue weighted by Gasteiger charge is 2.45. The molecule has 2 fully saturated rings. The minimum atomic E-state index is -0.927. The van der Waals surface area contributed by atoms with E-state index >= 15 is 0 Å². The highest BCUT2D eigenvalue weighted by atomic mass is 16.2. The van der Waals surface area contributed by atoms with E-state index < -0.39 is 23.8 Å². The Labute approximate surface area is 176 Å². The van der Waals surface area contributed by atoms with E-state index in [2.05, 4.69) is 22.5 Å². The van der Waals surface area contributed by atoms with Crippen molar-refractivity contribution in [1.82, 2.24) is 20.4 Å². The van der Waals surface area contributed by atoms with Gasteiger partial charge in [-0.15, -0.1) is 0 Å². The van der Waals surface area contributed by atoms with Gasteiger partial charge in [-0.3, -0.25) is 34.3 Å². The third kappa shape index (κ3) is 3.89. The van der Waals surface area contributed by atoms with Crippen molar-refractivity contribution >= 4 is 23.6 Å². The summed E-state index contributed by atoms with van der Waals surface area (Å²) >= 11 is 0. The van der Waals surface area contributed by atoms with Crippen LogP contribution in [-0.4, -0.2) is 65.1 Å². The summed E-state index contributed by atoms with van der Waals surface area (Å²) in [6.45, 7) is 5.66. The summed E-state index contributed by atoms with van der Waals surface area (Å²) in [6.07, 6.45) is 3.53. The lowest BCUT2D eigenvalue weighted by Crippen LogP contribution is -2.54. The van der Waals surface area contributed by atoms with E-state index in [1.807, 2.05) is 6.07 Å². The number of rotatable bonds is 6. The van der Waals surface area contributed by atoms with E-state index in [9.17, 15) is 19.2 Å². The molecule has 0 spiro atoms. The van der Waals surface area contributed by atoms with Crippen molar-refractivity contribution in [2.75, 3.05) is 19.6 Å². The second kappa shape index (κ2) is 8.65. The number of carbonyl (C=O) groups excluding carboxylic acids is 4. The zero-order valence-corrected chi connectivity index (χ0v) is 17.3. The number of hydrogen-bond acceptors (Lipinski definition) is 6. The highest BCUT2D eigenvalue weighted by Crippen LogP contribution is 2.31. The van der Waals surface area contributed by atoms with Crippen LogP contribution in [0.1, 0.15) is 65.3 Å². The SMILES string of the molecule is CCCNC1CCN(Cc2cccc3c2C(=O)N(C2CCC(=O)NC2=O)C3=O)CC1. The van der Waals surface area contributed by atoms with E-state index in [4.69, 9.17) is 0 Å². The summed E-state index contributed by atoms with van der Waals surface area (Å²) in [4.78, 5) is 53.2. The number of nitrogens with zero attached hydrogens (tertiary/aromatic N) is 2. The topological polar surface area (TPSA) is 98.8 Å². The van der Waals surface area contributed by atoms with Crippen LogP contribution < -0.4 is 10.6 Å². The van der Waals surface area contributed by atoms with Gasteiger partial charge in [0.2, 0.25) is 11.8 Å². The Kier molecular flexibility index (Phi) is 5.97. The molecule has 1 atom stereocenters. The second-order valence-corrected chi connectivity index (χ2v) is 8.29. The average molecular weight is 412 g/mol. The summed E-state index contributed by atoms with van der Waals surface area (Å²) in [6, 6.07) is 4.94. The smallest absolute Gasteiger partial charge is 0.262 e. The third-order valence-corrected chi connectivity index (χ3v) is 6.22. The molecule has 3 heterocycles. The molecule has 4 amide bonds. The normalized spacial score (nSPS) is 23.1. The van der Waals surface area contributed by atoms with Gasteiger partial charge in [-0.25, -0.2) is 0 Å². The minimum absolute atomic E-state index is 0.123. The number of carbonyl (C=O) groups is 4. The molecule has 1 unspecified atom stereocenters. The summed E-state index contributed by atoms with van der Waals surface area (Å²) in [5, 5.41) is 5.80. The molecule has 2 N–H and O–H groups in total. The molecule has 0 aliphatic carbocycles. The number of fused-ring (bicyclic) bond motifs is 1. The predicted molar refractivity (Wildman–Crippen MR) is 110 cm³/mol. The molecule has 8 nitrogen and oxygen atoms in total. The minimum Gasteiger partial charge on any atom is -0.314 e. The van der Waals surface area contributed by atoms with Crippen molar-refractivity contribution in [3.05, 3.63) is 34.9 Å². The van der Waals surface area contributed by atoms with Crippen LogP contribution in [0.3, 0.4) is 0 Å². The maximum atomic E-state index is 13.2. The van der Waals surface area contributed by atoms with Gasteiger partial charge in [-0.05, 0) is 56.9 Å².